The van der Waals surface area contributed by atoms with Crippen molar-refractivity contribution in [2.45, 2.75) is 18.9 Å². The third-order valence-electron chi connectivity index (χ3n) is 1.21. The molecule has 1 N–H and O–H groups in total. The van der Waals surface area contributed by atoms with Crippen molar-refractivity contribution in [3.05, 3.63) is 12.3 Å². The molecule has 0 aromatic carbocycles. The molecule has 0 aromatic heterocycles. The van der Waals surface area contributed by atoms with Crippen LogP contribution in [0.2, 0.25) is 5.04 Å². The lowest BCUT2D eigenvalue weighted by atomic mass is 10.1. The summed E-state index contributed by atoms with van der Waals surface area (Å²) in [5.74, 6) is 0. The van der Waals surface area contributed by atoms with Gasteiger partial charge in [-0.15, -0.1) is 0 Å². The minimum Gasteiger partial charge on any atom is -0.392 e. The van der Waals surface area contributed by atoms with Gasteiger partial charge in [-0.1, -0.05) is 20.4 Å². The van der Waals surface area contributed by atoms with Gasteiger partial charge in [-0.05, 0) is 5.04 Å². The Morgan fingerprint density at radius 2 is 2.00 bits per heavy atom. The second-order valence-electron chi connectivity index (χ2n) is 2.98. The fourth-order valence-corrected chi connectivity index (χ4v) is 0.625. The highest BCUT2D eigenvalue weighted by Crippen LogP contribution is 2.24. The average molecular weight is 129 g/mol. The Bertz CT molecular complexity index is 91.2. The number of hydrogen-bond donors (Lipinski definition) is 1. The van der Waals surface area contributed by atoms with Gasteiger partial charge in [0.25, 0.3) is 0 Å². The molecule has 0 aromatic rings. The largest absolute Gasteiger partial charge is 0.392 e. The molecule has 0 spiro atoms. The maximum Gasteiger partial charge on any atom is 0.0173 e. The van der Waals surface area contributed by atoms with Crippen LogP contribution in [0.1, 0.15) is 13.8 Å². The Kier molecular flexibility index (Phi) is 2.28. The van der Waals surface area contributed by atoms with Gasteiger partial charge in [0.1, 0.15) is 0 Å². The lowest BCUT2D eigenvalue weighted by Crippen LogP contribution is -2.16. The highest BCUT2D eigenvalue weighted by Gasteiger charge is 2.11. The van der Waals surface area contributed by atoms with Crippen molar-refractivity contribution in [3.63, 3.8) is 0 Å². The smallest absolute Gasteiger partial charge is 0.0173 e. The molecule has 0 fully saturated rings. The van der Waals surface area contributed by atoms with Gasteiger partial charge in [-0.3, -0.25) is 0 Å². The minimum atomic E-state index is 0.342. The van der Waals surface area contributed by atoms with Gasteiger partial charge in [0.15, 0.2) is 0 Å². The quantitative estimate of drug-likeness (QED) is 0.528. The molecule has 0 heterocycles. The molecule has 0 radical (unpaired) electrons. The van der Waals surface area contributed by atoms with Gasteiger partial charge in [0, 0.05) is 23.0 Å². The zero-order chi connectivity index (χ0) is 6.78. The molecular formula is C6H15NSi. The van der Waals surface area contributed by atoms with Crippen molar-refractivity contribution >= 4 is 10.2 Å². The molecular weight excluding hydrogens is 114 g/mol. The predicted molar refractivity (Wildman–Crippen MR) is 42.2 cm³/mol. The maximum absolute atomic E-state index is 3.87. The van der Waals surface area contributed by atoms with Crippen LogP contribution < -0.4 is 5.32 Å². The number of allylic oxidation sites excluding steroid dienone is 1. The normalized spacial score (nSPS) is 11.4. The van der Waals surface area contributed by atoms with Gasteiger partial charge in [0.05, 0.1) is 0 Å². The van der Waals surface area contributed by atoms with E-state index >= 15 is 0 Å². The van der Waals surface area contributed by atoms with Crippen molar-refractivity contribution in [2.75, 3.05) is 7.05 Å². The third kappa shape index (κ3) is 2.16. The zero-order valence-corrected chi connectivity index (χ0v) is 8.21. The first-order valence-corrected chi connectivity index (χ1v) is 3.85. The van der Waals surface area contributed by atoms with Crippen molar-refractivity contribution in [3.8, 4) is 0 Å². The van der Waals surface area contributed by atoms with Gasteiger partial charge in [0.2, 0.25) is 0 Å². The van der Waals surface area contributed by atoms with E-state index in [0.29, 0.717) is 5.04 Å². The van der Waals surface area contributed by atoms with Crippen LogP contribution >= 0.6 is 0 Å². The molecule has 0 amide bonds. The molecule has 48 valence electrons. The molecule has 0 saturated heterocycles. The topological polar surface area (TPSA) is 12.0 Å². The number of rotatable bonds is 2. The van der Waals surface area contributed by atoms with Crippen LogP contribution in [-0.4, -0.2) is 17.3 Å². The molecule has 0 bridgehead atoms. The minimum absolute atomic E-state index is 0.342. The van der Waals surface area contributed by atoms with Crippen LogP contribution in [0.15, 0.2) is 12.3 Å². The number of nitrogens with one attached hydrogen (secondary N) is 1. The van der Waals surface area contributed by atoms with E-state index in [1.54, 1.807) is 0 Å². The first-order chi connectivity index (χ1) is 3.48. The summed E-state index contributed by atoms with van der Waals surface area (Å²) in [6.45, 7) is 8.25. The van der Waals surface area contributed by atoms with Gasteiger partial charge < -0.3 is 5.32 Å². The fourth-order valence-electron chi connectivity index (χ4n) is 0.375. The van der Waals surface area contributed by atoms with Crippen LogP contribution in [0.3, 0.4) is 0 Å². The van der Waals surface area contributed by atoms with Crippen molar-refractivity contribution in [1.82, 2.24) is 5.32 Å². The van der Waals surface area contributed by atoms with Crippen LogP contribution in [0.5, 0.6) is 0 Å². The zero-order valence-electron chi connectivity index (χ0n) is 6.21. The average Bonchev–Trinajstić information content (AvgIpc) is 1.62. The van der Waals surface area contributed by atoms with Crippen LogP contribution in [0, 0.1) is 0 Å². The highest BCUT2D eigenvalue weighted by molar-refractivity contribution is 6.16. The van der Waals surface area contributed by atoms with Gasteiger partial charge in [-0.25, -0.2) is 0 Å². The molecule has 0 atom stereocenters. The Labute approximate surface area is 54.6 Å². The number of hydrogen-bond acceptors (Lipinski definition) is 1. The standard InChI is InChI=1S/C6H15NSi/c1-5(7-4)6(2,3)8/h7H,1H2,2-4,8H3. The summed E-state index contributed by atoms with van der Waals surface area (Å²) >= 11 is 0. The molecule has 0 aliphatic carbocycles. The van der Waals surface area contributed by atoms with E-state index in [0.717, 1.165) is 15.9 Å². The molecule has 0 rings (SSSR count). The predicted octanol–water partition coefficient (Wildman–Crippen LogP) is 0.283. The first-order valence-electron chi connectivity index (χ1n) is 2.85. The summed E-state index contributed by atoms with van der Waals surface area (Å²) in [5, 5.41) is 3.39. The van der Waals surface area contributed by atoms with Crippen molar-refractivity contribution in [2.24, 2.45) is 0 Å². The summed E-state index contributed by atoms with van der Waals surface area (Å²) in [6.07, 6.45) is 0. The Morgan fingerprint density at radius 3 is 2.00 bits per heavy atom. The van der Waals surface area contributed by atoms with E-state index in [1.165, 1.54) is 0 Å². The van der Waals surface area contributed by atoms with Crippen LogP contribution in [0.25, 0.3) is 0 Å². The Balaban J connectivity index is 3.82. The van der Waals surface area contributed by atoms with E-state index < -0.39 is 0 Å². The monoisotopic (exact) mass is 129 g/mol. The SMILES string of the molecule is C=C(NC)C(C)(C)[SiH3]. The summed E-state index contributed by atoms with van der Waals surface area (Å²) < 4.78 is 0. The molecule has 8 heavy (non-hydrogen) atoms. The second-order valence-corrected chi connectivity index (χ2v) is 5.48. The first kappa shape index (κ1) is 7.76. The third-order valence-corrected chi connectivity index (χ3v) is 1.81. The van der Waals surface area contributed by atoms with Crippen LogP contribution in [0.4, 0.5) is 0 Å². The van der Waals surface area contributed by atoms with E-state index in [-0.39, 0.29) is 0 Å². The summed E-state index contributed by atoms with van der Waals surface area (Å²) in [7, 11) is 3.08. The summed E-state index contributed by atoms with van der Waals surface area (Å²) in [6, 6.07) is 0. The maximum atomic E-state index is 3.87. The lowest BCUT2D eigenvalue weighted by Gasteiger charge is -2.20. The molecule has 0 saturated carbocycles. The van der Waals surface area contributed by atoms with E-state index in [1.807, 2.05) is 7.05 Å². The summed E-state index contributed by atoms with van der Waals surface area (Å²) in [4.78, 5) is 0. The Morgan fingerprint density at radius 1 is 1.62 bits per heavy atom. The van der Waals surface area contributed by atoms with Crippen molar-refractivity contribution in [1.29, 1.82) is 0 Å². The lowest BCUT2D eigenvalue weighted by molar-refractivity contribution is 0.728. The fraction of sp³-hybridized carbons (Fsp3) is 0.667. The van der Waals surface area contributed by atoms with Crippen molar-refractivity contribution < 1.29 is 0 Å². The second kappa shape index (κ2) is 2.35. The van der Waals surface area contributed by atoms with Gasteiger partial charge in [-0.2, -0.15) is 0 Å². The van der Waals surface area contributed by atoms with E-state index in [2.05, 4.69) is 25.7 Å². The Hall–Kier alpha value is -0.243. The highest BCUT2D eigenvalue weighted by atomic mass is 28.1. The van der Waals surface area contributed by atoms with E-state index in [4.69, 9.17) is 0 Å². The van der Waals surface area contributed by atoms with Crippen LogP contribution in [-0.2, 0) is 0 Å². The molecule has 1 nitrogen and oxygen atoms in total. The molecule has 0 aliphatic rings. The molecule has 0 aliphatic heterocycles. The molecule has 0 unspecified atom stereocenters. The molecule has 2 heteroatoms. The summed E-state index contributed by atoms with van der Waals surface area (Å²) in [5.41, 5.74) is 1.14. The van der Waals surface area contributed by atoms with Gasteiger partial charge >= 0.3 is 0 Å². The van der Waals surface area contributed by atoms with E-state index in [9.17, 15) is 0 Å².